The van der Waals surface area contributed by atoms with Crippen molar-refractivity contribution in [2.24, 2.45) is 12.8 Å². The van der Waals surface area contributed by atoms with Gasteiger partial charge in [-0.15, -0.1) is 0 Å². The number of carbonyl (C=O) groups excluding carboxylic acids is 1. The van der Waals surface area contributed by atoms with Crippen LogP contribution in [0.15, 0.2) is 36.8 Å². The lowest BCUT2D eigenvalue weighted by Crippen LogP contribution is -2.17. The summed E-state index contributed by atoms with van der Waals surface area (Å²) in [5.41, 5.74) is 7.13. The number of nitrogens with two attached hydrogens (primary N) is 1. The van der Waals surface area contributed by atoms with Crippen LogP contribution < -0.4 is 21.1 Å². The van der Waals surface area contributed by atoms with Crippen LogP contribution in [0.4, 0.5) is 17.5 Å². The minimum Gasteiger partial charge on any atom is -0.496 e. The van der Waals surface area contributed by atoms with Crippen LogP contribution in [0.2, 0.25) is 5.02 Å². The molecule has 3 rings (SSSR count). The van der Waals surface area contributed by atoms with Gasteiger partial charge in [-0.25, -0.2) is 4.98 Å². The Morgan fingerprint density at radius 3 is 2.85 bits per heavy atom. The summed E-state index contributed by atoms with van der Waals surface area (Å²) in [7, 11) is 3.37. The molecule has 4 N–H and O–H groups in total. The predicted molar refractivity (Wildman–Crippen MR) is 102 cm³/mol. The number of halogens is 1. The van der Waals surface area contributed by atoms with Crippen molar-refractivity contribution in [3.63, 3.8) is 0 Å². The maximum atomic E-state index is 11.7. The maximum absolute atomic E-state index is 11.7. The van der Waals surface area contributed by atoms with Crippen molar-refractivity contribution < 1.29 is 9.53 Å². The molecule has 0 aliphatic heterocycles. The second-order valence-corrected chi connectivity index (χ2v) is 6.09. The molecule has 0 saturated heterocycles. The highest BCUT2D eigenvalue weighted by Gasteiger charge is 2.14. The van der Waals surface area contributed by atoms with Gasteiger partial charge in [-0.1, -0.05) is 11.6 Å². The molecular weight excluding hydrogens is 370 g/mol. The Labute approximate surface area is 160 Å². The Balaban J connectivity index is 1.85. The number of nitrogens with zero attached hydrogens (tertiary/aromatic N) is 4. The summed E-state index contributed by atoms with van der Waals surface area (Å²) in [5.74, 6) is 0.623. The summed E-state index contributed by atoms with van der Waals surface area (Å²) in [6, 6.07) is 5.27. The Bertz CT molecular complexity index is 974. The van der Waals surface area contributed by atoms with E-state index in [0.717, 1.165) is 5.56 Å². The normalized spacial score (nSPS) is 10.5. The van der Waals surface area contributed by atoms with E-state index >= 15 is 0 Å². The second-order valence-electron chi connectivity index (χ2n) is 5.66. The number of hydrogen-bond acceptors (Lipinski definition) is 7. The van der Waals surface area contributed by atoms with Gasteiger partial charge in [0.05, 0.1) is 24.6 Å². The predicted octanol–water partition coefficient (Wildman–Crippen LogP) is 2.33. The van der Waals surface area contributed by atoms with E-state index < -0.39 is 5.91 Å². The fourth-order valence-electron chi connectivity index (χ4n) is 2.44. The molecule has 1 amide bonds. The Morgan fingerprint density at radius 1 is 1.37 bits per heavy atom. The lowest BCUT2D eigenvalue weighted by atomic mass is 10.2. The zero-order valence-electron chi connectivity index (χ0n) is 14.7. The first-order valence-corrected chi connectivity index (χ1v) is 8.33. The van der Waals surface area contributed by atoms with E-state index in [1.807, 2.05) is 0 Å². The molecule has 0 atom stereocenters. The van der Waals surface area contributed by atoms with Gasteiger partial charge in [0.1, 0.15) is 11.6 Å². The standard InChI is InChI=1S/C17H18ClN7O2/c1-25-9-12(7-22-25)23-17-21-8-13(15(19)26)16(24-17)20-6-10-5-11(18)3-4-14(10)27-2/h3-5,7-9H,6H2,1-2H3,(H2,19,26)(H2,20,21,23,24). The molecular formula is C17H18ClN7O2. The Hall–Kier alpha value is -3.33. The highest BCUT2D eigenvalue weighted by atomic mass is 35.5. The van der Waals surface area contributed by atoms with Gasteiger partial charge < -0.3 is 21.1 Å². The summed E-state index contributed by atoms with van der Waals surface area (Å²) in [4.78, 5) is 20.2. The van der Waals surface area contributed by atoms with E-state index in [2.05, 4.69) is 25.7 Å². The number of carbonyl (C=O) groups is 1. The topological polar surface area (TPSA) is 120 Å². The van der Waals surface area contributed by atoms with Crippen LogP contribution in [0.5, 0.6) is 5.75 Å². The third-order valence-electron chi connectivity index (χ3n) is 3.70. The van der Waals surface area contributed by atoms with Gasteiger partial charge in [0.25, 0.3) is 5.91 Å². The minimum atomic E-state index is -0.636. The third-order valence-corrected chi connectivity index (χ3v) is 3.94. The minimum absolute atomic E-state index is 0.174. The number of rotatable bonds is 7. The molecule has 0 fully saturated rings. The lowest BCUT2D eigenvalue weighted by molar-refractivity contribution is 0.100. The molecule has 2 heterocycles. The van der Waals surface area contributed by atoms with E-state index in [0.29, 0.717) is 34.8 Å². The summed E-state index contributed by atoms with van der Waals surface area (Å²) in [6.07, 6.45) is 4.77. The van der Waals surface area contributed by atoms with E-state index in [1.54, 1.807) is 49.4 Å². The van der Waals surface area contributed by atoms with Gasteiger partial charge in [-0.3, -0.25) is 9.48 Å². The van der Waals surface area contributed by atoms with E-state index in [-0.39, 0.29) is 5.56 Å². The van der Waals surface area contributed by atoms with Gasteiger partial charge in [0.2, 0.25) is 5.95 Å². The number of primary amides is 1. The van der Waals surface area contributed by atoms with Gasteiger partial charge in [0.15, 0.2) is 0 Å². The van der Waals surface area contributed by atoms with Crippen molar-refractivity contribution >= 4 is 35.0 Å². The van der Waals surface area contributed by atoms with Gasteiger partial charge in [0, 0.05) is 36.6 Å². The quantitative estimate of drug-likeness (QED) is 0.569. The summed E-state index contributed by atoms with van der Waals surface area (Å²) < 4.78 is 6.97. The first-order valence-electron chi connectivity index (χ1n) is 7.95. The highest BCUT2D eigenvalue weighted by Crippen LogP contribution is 2.24. The SMILES string of the molecule is COc1ccc(Cl)cc1CNc1nc(Nc2cnn(C)c2)ncc1C(N)=O. The molecule has 0 spiro atoms. The number of ether oxygens (including phenoxy) is 1. The molecule has 0 saturated carbocycles. The lowest BCUT2D eigenvalue weighted by Gasteiger charge is -2.13. The van der Waals surface area contributed by atoms with Crippen molar-refractivity contribution in [2.45, 2.75) is 6.54 Å². The van der Waals surface area contributed by atoms with Crippen LogP contribution in [-0.4, -0.2) is 32.8 Å². The van der Waals surface area contributed by atoms with Crippen molar-refractivity contribution in [1.29, 1.82) is 0 Å². The number of aromatic nitrogens is 4. The van der Waals surface area contributed by atoms with E-state index in [1.165, 1.54) is 6.20 Å². The summed E-state index contributed by atoms with van der Waals surface area (Å²) in [6.45, 7) is 0.327. The van der Waals surface area contributed by atoms with Crippen molar-refractivity contribution in [1.82, 2.24) is 19.7 Å². The number of amides is 1. The fourth-order valence-corrected chi connectivity index (χ4v) is 2.63. The molecule has 10 heteroatoms. The van der Waals surface area contributed by atoms with Gasteiger partial charge in [-0.05, 0) is 18.2 Å². The first kappa shape index (κ1) is 18.5. The average Bonchev–Trinajstić information content (AvgIpc) is 3.04. The molecule has 0 aliphatic carbocycles. The molecule has 0 aliphatic rings. The van der Waals surface area contributed by atoms with Gasteiger partial charge in [-0.2, -0.15) is 10.1 Å². The summed E-state index contributed by atoms with van der Waals surface area (Å²) in [5, 5.41) is 10.8. The smallest absolute Gasteiger partial charge is 0.254 e. The van der Waals surface area contributed by atoms with Crippen LogP contribution in [0, 0.1) is 0 Å². The van der Waals surface area contributed by atoms with Crippen LogP contribution in [-0.2, 0) is 13.6 Å². The Kier molecular flexibility index (Phi) is 5.41. The van der Waals surface area contributed by atoms with Crippen LogP contribution in [0.1, 0.15) is 15.9 Å². The third kappa shape index (κ3) is 4.45. The van der Waals surface area contributed by atoms with Crippen LogP contribution in [0.25, 0.3) is 0 Å². The molecule has 140 valence electrons. The van der Waals surface area contributed by atoms with Crippen LogP contribution in [0.3, 0.4) is 0 Å². The number of anilines is 3. The van der Waals surface area contributed by atoms with Crippen molar-refractivity contribution in [3.8, 4) is 5.75 Å². The molecule has 0 radical (unpaired) electrons. The number of aryl methyl sites for hydroxylation is 1. The average molecular weight is 388 g/mol. The molecule has 0 bridgehead atoms. The number of nitrogens with one attached hydrogen (secondary N) is 2. The molecule has 3 aromatic rings. The zero-order chi connectivity index (χ0) is 19.4. The highest BCUT2D eigenvalue weighted by molar-refractivity contribution is 6.30. The zero-order valence-corrected chi connectivity index (χ0v) is 15.5. The van der Waals surface area contributed by atoms with E-state index in [4.69, 9.17) is 22.1 Å². The molecule has 9 nitrogen and oxygen atoms in total. The maximum Gasteiger partial charge on any atom is 0.254 e. The van der Waals surface area contributed by atoms with Gasteiger partial charge >= 0.3 is 0 Å². The second kappa shape index (κ2) is 7.92. The largest absolute Gasteiger partial charge is 0.496 e. The van der Waals surface area contributed by atoms with E-state index in [9.17, 15) is 4.79 Å². The molecule has 0 unspecified atom stereocenters. The molecule has 27 heavy (non-hydrogen) atoms. The van der Waals surface area contributed by atoms with Crippen LogP contribution >= 0.6 is 11.6 Å². The number of methoxy groups -OCH3 is 1. The van der Waals surface area contributed by atoms with Crippen molar-refractivity contribution in [3.05, 3.63) is 52.9 Å². The molecule has 1 aromatic carbocycles. The molecule has 2 aromatic heterocycles. The number of benzene rings is 1. The monoisotopic (exact) mass is 387 g/mol. The van der Waals surface area contributed by atoms with Crippen molar-refractivity contribution in [2.75, 3.05) is 17.7 Å². The Morgan fingerprint density at radius 2 is 2.19 bits per heavy atom. The summed E-state index contributed by atoms with van der Waals surface area (Å²) >= 11 is 6.05. The first-order chi connectivity index (χ1) is 13.0. The number of hydrogen-bond donors (Lipinski definition) is 3. The fraction of sp³-hybridized carbons (Fsp3) is 0.176.